The molecular formula is C21H28N2O2S. The lowest BCUT2D eigenvalue weighted by Crippen LogP contribution is -2.31. The number of rotatable bonds is 7. The number of hydrogen-bond acceptors (Lipinski definition) is 3. The molecule has 2 aromatic carbocycles. The second kappa shape index (κ2) is 9.43. The predicted octanol–water partition coefficient (Wildman–Crippen LogP) is 5.26. The lowest BCUT2D eigenvalue weighted by molar-refractivity contribution is 0.395. The third-order valence-corrected chi connectivity index (χ3v) is 4.82. The minimum Gasteiger partial charge on any atom is -0.497 e. The largest absolute Gasteiger partial charge is 0.497 e. The Bertz CT molecular complexity index is 731. The van der Waals surface area contributed by atoms with Crippen molar-refractivity contribution >= 4 is 23.0 Å². The van der Waals surface area contributed by atoms with Crippen LogP contribution in [0.3, 0.4) is 0 Å². The van der Waals surface area contributed by atoms with Gasteiger partial charge in [-0.25, -0.2) is 0 Å². The summed E-state index contributed by atoms with van der Waals surface area (Å²) in [7, 11) is 3.31. The first-order valence-electron chi connectivity index (χ1n) is 8.87. The SMILES string of the molecule is CC[C@H](C)c1ccc(NC(=S)N[C@H](C)c2cc(OC)ccc2OC)cc1. The molecule has 0 saturated heterocycles. The first-order chi connectivity index (χ1) is 12.5. The molecule has 0 saturated carbocycles. The van der Waals surface area contributed by atoms with E-state index in [1.54, 1.807) is 14.2 Å². The van der Waals surface area contributed by atoms with Gasteiger partial charge in [-0.2, -0.15) is 0 Å². The molecule has 140 valence electrons. The highest BCUT2D eigenvalue weighted by molar-refractivity contribution is 7.80. The van der Waals surface area contributed by atoms with Crippen LogP contribution < -0.4 is 20.1 Å². The Kier molecular flexibility index (Phi) is 7.27. The summed E-state index contributed by atoms with van der Waals surface area (Å²) >= 11 is 5.47. The van der Waals surface area contributed by atoms with Gasteiger partial charge < -0.3 is 20.1 Å². The Hall–Kier alpha value is -2.27. The molecule has 0 unspecified atom stereocenters. The molecule has 0 bridgehead atoms. The third kappa shape index (κ3) is 5.11. The molecule has 0 aliphatic heterocycles. The van der Waals surface area contributed by atoms with E-state index in [0.29, 0.717) is 11.0 Å². The van der Waals surface area contributed by atoms with Crippen molar-refractivity contribution in [2.45, 2.75) is 39.2 Å². The van der Waals surface area contributed by atoms with Crippen LogP contribution in [0, 0.1) is 0 Å². The average Bonchev–Trinajstić information content (AvgIpc) is 2.67. The van der Waals surface area contributed by atoms with Crippen LogP contribution in [0.2, 0.25) is 0 Å². The summed E-state index contributed by atoms with van der Waals surface area (Å²) in [5, 5.41) is 7.11. The van der Waals surface area contributed by atoms with Crippen LogP contribution in [0.25, 0.3) is 0 Å². The third-order valence-electron chi connectivity index (χ3n) is 4.60. The van der Waals surface area contributed by atoms with Crippen molar-refractivity contribution in [3.8, 4) is 11.5 Å². The molecule has 0 aliphatic carbocycles. The van der Waals surface area contributed by atoms with Crippen molar-refractivity contribution in [2.75, 3.05) is 19.5 Å². The second-order valence-corrected chi connectivity index (χ2v) is 6.77. The number of anilines is 1. The van der Waals surface area contributed by atoms with Crippen LogP contribution in [0.15, 0.2) is 42.5 Å². The first kappa shape index (κ1) is 20.0. The van der Waals surface area contributed by atoms with Gasteiger partial charge in [0.15, 0.2) is 5.11 Å². The summed E-state index contributed by atoms with van der Waals surface area (Å²) in [6.45, 7) is 6.47. The minimum absolute atomic E-state index is 0.0283. The Morgan fingerprint density at radius 1 is 1.04 bits per heavy atom. The molecule has 26 heavy (non-hydrogen) atoms. The fourth-order valence-electron chi connectivity index (χ4n) is 2.75. The maximum atomic E-state index is 5.47. The molecule has 5 heteroatoms. The Labute approximate surface area is 161 Å². The fraction of sp³-hybridized carbons (Fsp3) is 0.381. The molecule has 2 aromatic rings. The number of thiocarbonyl (C=S) groups is 1. The van der Waals surface area contributed by atoms with Gasteiger partial charge >= 0.3 is 0 Å². The van der Waals surface area contributed by atoms with E-state index >= 15 is 0 Å². The maximum absolute atomic E-state index is 5.47. The second-order valence-electron chi connectivity index (χ2n) is 6.36. The van der Waals surface area contributed by atoms with Crippen LogP contribution in [-0.2, 0) is 0 Å². The molecule has 4 nitrogen and oxygen atoms in total. The standard InChI is InChI=1S/C21H28N2O2S/c1-6-14(2)16-7-9-17(10-8-16)23-21(26)22-15(3)19-13-18(24-4)11-12-20(19)25-5/h7-15H,6H2,1-5H3,(H2,22,23,26)/t14-,15+/m0/s1. The molecular weight excluding hydrogens is 344 g/mol. The topological polar surface area (TPSA) is 42.5 Å². The van der Waals surface area contributed by atoms with Crippen LogP contribution in [0.5, 0.6) is 11.5 Å². The van der Waals surface area contributed by atoms with Gasteiger partial charge in [-0.3, -0.25) is 0 Å². The van der Waals surface area contributed by atoms with Gasteiger partial charge in [-0.1, -0.05) is 26.0 Å². The molecule has 0 aliphatic rings. The zero-order valence-corrected chi connectivity index (χ0v) is 16.9. The molecule has 2 atom stereocenters. The van der Waals surface area contributed by atoms with Gasteiger partial charge in [0.05, 0.1) is 20.3 Å². The van der Waals surface area contributed by atoms with Crippen LogP contribution in [0.4, 0.5) is 5.69 Å². The Morgan fingerprint density at radius 2 is 1.73 bits per heavy atom. The van der Waals surface area contributed by atoms with Crippen LogP contribution >= 0.6 is 12.2 Å². The van der Waals surface area contributed by atoms with Gasteiger partial charge in [-0.05, 0) is 67.4 Å². The van der Waals surface area contributed by atoms with Crippen molar-refractivity contribution in [1.82, 2.24) is 5.32 Å². The van der Waals surface area contributed by atoms with E-state index < -0.39 is 0 Å². The monoisotopic (exact) mass is 372 g/mol. The highest BCUT2D eigenvalue weighted by atomic mass is 32.1. The van der Waals surface area contributed by atoms with Crippen molar-refractivity contribution in [3.63, 3.8) is 0 Å². The predicted molar refractivity (Wildman–Crippen MR) is 112 cm³/mol. The Morgan fingerprint density at radius 3 is 2.31 bits per heavy atom. The number of ether oxygens (including phenoxy) is 2. The summed E-state index contributed by atoms with van der Waals surface area (Å²) in [5.74, 6) is 2.15. The molecule has 0 heterocycles. The maximum Gasteiger partial charge on any atom is 0.171 e. The van der Waals surface area contributed by atoms with Crippen LogP contribution in [0.1, 0.15) is 50.3 Å². The van der Waals surface area contributed by atoms with Gasteiger partial charge in [0.25, 0.3) is 0 Å². The molecule has 2 N–H and O–H groups in total. The van der Waals surface area contributed by atoms with E-state index in [9.17, 15) is 0 Å². The summed E-state index contributed by atoms with van der Waals surface area (Å²) in [5.41, 5.74) is 3.30. The average molecular weight is 373 g/mol. The van der Waals surface area contributed by atoms with E-state index in [0.717, 1.165) is 29.2 Å². The zero-order chi connectivity index (χ0) is 19.1. The zero-order valence-electron chi connectivity index (χ0n) is 16.1. The molecule has 0 fully saturated rings. The number of nitrogens with one attached hydrogen (secondary N) is 2. The fourth-order valence-corrected chi connectivity index (χ4v) is 3.04. The highest BCUT2D eigenvalue weighted by Crippen LogP contribution is 2.29. The van der Waals surface area contributed by atoms with E-state index in [-0.39, 0.29) is 6.04 Å². The van der Waals surface area contributed by atoms with Crippen LogP contribution in [-0.4, -0.2) is 19.3 Å². The summed E-state index contributed by atoms with van der Waals surface area (Å²) in [6.07, 6.45) is 1.13. The van der Waals surface area contributed by atoms with Gasteiger partial charge in [0.1, 0.15) is 11.5 Å². The lowest BCUT2D eigenvalue weighted by Gasteiger charge is -2.20. The van der Waals surface area contributed by atoms with Gasteiger partial charge in [0, 0.05) is 11.3 Å². The molecule has 2 rings (SSSR count). The van der Waals surface area contributed by atoms with Crippen molar-refractivity contribution < 1.29 is 9.47 Å². The number of methoxy groups -OCH3 is 2. The Balaban J connectivity index is 2.03. The minimum atomic E-state index is -0.0283. The van der Waals surface area contributed by atoms with Crippen molar-refractivity contribution in [3.05, 3.63) is 53.6 Å². The molecule has 0 aromatic heterocycles. The van der Waals surface area contributed by atoms with Gasteiger partial charge in [-0.15, -0.1) is 0 Å². The number of hydrogen-bond donors (Lipinski definition) is 2. The van der Waals surface area contributed by atoms with E-state index in [2.05, 4.69) is 48.7 Å². The van der Waals surface area contributed by atoms with E-state index in [1.807, 2.05) is 25.1 Å². The first-order valence-corrected chi connectivity index (χ1v) is 9.28. The molecule has 0 radical (unpaired) electrons. The highest BCUT2D eigenvalue weighted by Gasteiger charge is 2.14. The summed E-state index contributed by atoms with van der Waals surface area (Å²) in [6, 6.07) is 14.1. The van der Waals surface area contributed by atoms with E-state index in [4.69, 9.17) is 21.7 Å². The van der Waals surface area contributed by atoms with Gasteiger partial charge in [0.2, 0.25) is 0 Å². The smallest absolute Gasteiger partial charge is 0.171 e. The quantitative estimate of drug-likeness (QED) is 0.649. The lowest BCUT2D eigenvalue weighted by atomic mass is 9.99. The van der Waals surface area contributed by atoms with E-state index in [1.165, 1.54) is 5.56 Å². The molecule has 0 spiro atoms. The van der Waals surface area contributed by atoms with Crippen molar-refractivity contribution in [2.24, 2.45) is 0 Å². The van der Waals surface area contributed by atoms with Crippen molar-refractivity contribution in [1.29, 1.82) is 0 Å². The summed E-state index contributed by atoms with van der Waals surface area (Å²) < 4.78 is 10.8. The normalized spacial score (nSPS) is 12.8. The molecule has 0 amide bonds. The summed E-state index contributed by atoms with van der Waals surface area (Å²) in [4.78, 5) is 0. The number of benzene rings is 2.